The summed E-state index contributed by atoms with van der Waals surface area (Å²) < 4.78 is 14.7. The van der Waals surface area contributed by atoms with Crippen LogP contribution < -0.4 is 5.32 Å². The highest BCUT2D eigenvalue weighted by Gasteiger charge is 2.12. The average Bonchev–Trinajstić information content (AvgIpc) is 2.33. The van der Waals surface area contributed by atoms with Gasteiger partial charge in [0.15, 0.2) is 0 Å². The van der Waals surface area contributed by atoms with Gasteiger partial charge in [0.1, 0.15) is 5.82 Å². The molecule has 2 nitrogen and oxygen atoms in total. The number of benzene rings is 2. The second-order valence-corrected chi connectivity index (χ2v) is 5.56. The third kappa shape index (κ3) is 3.32. The Kier molecular flexibility index (Phi) is 4.19. The van der Waals surface area contributed by atoms with Gasteiger partial charge in [0, 0.05) is 9.26 Å². The summed E-state index contributed by atoms with van der Waals surface area (Å²) in [6, 6.07) is 10.2. The molecule has 1 N–H and O–H groups in total. The maximum atomic E-state index is 13.7. The zero-order chi connectivity index (χ0) is 14.0. The average molecular weight is 369 g/mol. The van der Waals surface area contributed by atoms with E-state index in [2.05, 4.69) is 27.9 Å². The Morgan fingerprint density at radius 3 is 2.53 bits per heavy atom. The highest BCUT2D eigenvalue weighted by atomic mass is 127. The van der Waals surface area contributed by atoms with Crippen LogP contribution in [0.4, 0.5) is 10.1 Å². The van der Waals surface area contributed by atoms with Crippen molar-refractivity contribution in [3.05, 3.63) is 62.5 Å². The maximum Gasteiger partial charge on any atom is 0.258 e. The highest BCUT2D eigenvalue weighted by molar-refractivity contribution is 14.1. The molecule has 0 saturated carbocycles. The Morgan fingerprint density at radius 1 is 1.16 bits per heavy atom. The second-order valence-electron chi connectivity index (χ2n) is 4.40. The molecule has 0 saturated heterocycles. The van der Waals surface area contributed by atoms with E-state index >= 15 is 0 Å². The largest absolute Gasteiger partial charge is 0.322 e. The minimum absolute atomic E-state index is 0.0567. The predicted octanol–water partition coefficient (Wildman–Crippen LogP) is 4.30. The standard InChI is InChI=1S/C15H13FINO/c1-9-3-6-12(13(16)7-9)15(19)18-11-5-4-10(2)14(17)8-11/h3-8H,1-2H3,(H,18,19). The Bertz CT molecular complexity index is 640. The summed E-state index contributed by atoms with van der Waals surface area (Å²) in [5.41, 5.74) is 2.65. The number of amides is 1. The molecule has 0 bridgehead atoms. The van der Waals surface area contributed by atoms with E-state index in [4.69, 9.17) is 0 Å². The molecule has 0 aliphatic carbocycles. The van der Waals surface area contributed by atoms with E-state index in [0.717, 1.165) is 14.7 Å². The number of nitrogens with one attached hydrogen (secondary N) is 1. The van der Waals surface area contributed by atoms with E-state index in [1.807, 2.05) is 25.1 Å². The van der Waals surface area contributed by atoms with E-state index in [1.54, 1.807) is 13.0 Å². The molecule has 2 aromatic carbocycles. The van der Waals surface area contributed by atoms with Crippen molar-refractivity contribution in [3.63, 3.8) is 0 Å². The quantitative estimate of drug-likeness (QED) is 0.786. The molecular weight excluding hydrogens is 356 g/mol. The van der Waals surface area contributed by atoms with Crippen LogP contribution in [-0.4, -0.2) is 5.91 Å². The van der Waals surface area contributed by atoms with Crippen LogP contribution in [0.1, 0.15) is 21.5 Å². The fraction of sp³-hybridized carbons (Fsp3) is 0.133. The van der Waals surface area contributed by atoms with E-state index < -0.39 is 11.7 Å². The summed E-state index contributed by atoms with van der Waals surface area (Å²) in [7, 11) is 0. The number of aryl methyl sites for hydroxylation is 2. The first kappa shape index (κ1) is 14.0. The van der Waals surface area contributed by atoms with Gasteiger partial charge in [0.25, 0.3) is 5.91 Å². The Morgan fingerprint density at radius 2 is 1.89 bits per heavy atom. The van der Waals surface area contributed by atoms with Crippen molar-refractivity contribution in [2.45, 2.75) is 13.8 Å². The van der Waals surface area contributed by atoms with E-state index in [1.165, 1.54) is 12.1 Å². The number of hydrogen-bond acceptors (Lipinski definition) is 1. The normalized spacial score (nSPS) is 10.3. The molecule has 0 fully saturated rings. The van der Waals surface area contributed by atoms with Crippen LogP contribution in [0.25, 0.3) is 0 Å². The number of hydrogen-bond donors (Lipinski definition) is 1. The van der Waals surface area contributed by atoms with Crippen molar-refractivity contribution in [1.29, 1.82) is 0 Å². The summed E-state index contributed by atoms with van der Waals surface area (Å²) >= 11 is 2.20. The predicted molar refractivity (Wildman–Crippen MR) is 83.0 cm³/mol. The van der Waals surface area contributed by atoms with Crippen LogP contribution in [-0.2, 0) is 0 Å². The van der Waals surface area contributed by atoms with Crippen molar-refractivity contribution in [3.8, 4) is 0 Å². The van der Waals surface area contributed by atoms with E-state index in [-0.39, 0.29) is 5.56 Å². The van der Waals surface area contributed by atoms with Gasteiger partial charge in [-0.2, -0.15) is 0 Å². The minimum Gasteiger partial charge on any atom is -0.322 e. The lowest BCUT2D eigenvalue weighted by Crippen LogP contribution is -2.14. The lowest BCUT2D eigenvalue weighted by Gasteiger charge is -2.08. The van der Waals surface area contributed by atoms with Crippen molar-refractivity contribution < 1.29 is 9.18 Å². The zero-order valence-corrected chi connectivity index (χ0v) is 12.8. The van der Waals surface area contributed by atoms with Gasteiger partial charge >= 0.3 is 0 Å². The third-order valence-corrected chi connectivity index (χ3v) is 3.96. The summed E-state index contributed by atoms with van der Waals surface area (Å²) in [6.07, 6.45) is 0. The van der Waals surface area contributed by atoms with Crippen LogP contribution >= 0.6 is 22.6 Å². The zero-order valence-electron chi connectivity index (χ0n) is 10.6. The van der Waals surface area contributed by atoms with Crippen LogP contribution in [0.15, 0.2) is 36.4 Å². The van der Waals surface area contributed by atoms with Crippen LogP contribution in [0.3, 0.4) is 0 Å². The SMILES string of the molecule is Cc1ccc(C(=O)Nc2ccc(C)c(I)c2)c(F)c1. The molecule has 2 rings (SSSR count). The van der Waals surface area contributed by atoms with Gasteiger partial charge in [-0.15, -0.1) is 0 Å². The molecule has 1 amide bonds. The first-order valence-corrected chi connectivity index (χ1v) is 6.89. The number of anilines is 1. The van der Waals surface area contributed by atoms with E-state index in [0.29, 0.717) is 5.69 Å². The van der Waals surface area contributed by atoms with Crippen LogP contribution in [0.5, 0.6) is 0 Å². The Balaban J connectivity index is 2.23. The lowest BCUT2D eigenvalue weighted by molar-refractivity contribution is 0.102. The smallest absolute Gasteiger partial charge is 0.258 e. The molecule has 0 aliphatic heterocycles. The summed E-state index contributed by atoms with van der Waals surface area (Å²) in [6.45, 7) is 3.78. The van der Waals surface area contributed by atoms with Crippen molar-refractivity contribution in [1.82, 2.24) is 0 Å². The molecule has 98 valence electrons. The summed E-state index contributed by atoms with van der Waals surface area (Å²) in [5, 5.41) is 2.70. The topological polar surface area (TPSA) is 29.1 Å². The van der Waals surface area contributed by atoms with E-state index in [9.17, 15) is 9.18 Å². The van der Waals surface area contributed by atoms with Crippen LogP contribution in [0, 0.1) is 23.2 Å². The van der Waals surface area contributed by atoms with Crippen molar-refractivity contribution >= 4 is 34.2 Å². The van der Waals surface area contributed by atoms with Gasteiger partial charge in [-0.3, -0.25) is 4.79 Å². The first-order chi connectivity index (χ1) is 8.97. The molecule has 0 radical (unpaired) electrons. The highest BCUT2D eigenvalue weighted by Crippen LogP contribution is 2.18. The summed E-state index contributed by atoms with van der Waals surface area (Å²) in [4.78, 5) is 12.0. The summed E-state index contributed by atoms with van der Waals surface area (Å²) in [5.74, 6) is -0.934. The molecule has 0 spiro atoms. The second kappa shape index (κ2) is 5.69. The molecule has 0 heterocycles. The van der Waals surface area contributed by atoms with Gasteiger partial charge in [-0.1, -0.05) is 12.1 Å². The number of halogens is 2. The molecule has 0 aliphatic rings. The molecule has 0 atom stereocenters. The van der Waals surface area contributed by atoms with Crippen LogP contribution in [0.2, 0.25) is 0 Å². The molecule has 0 aromatic heterocycles. The number of carbonyl (C=O) groups excluding carboxylic acids is 1. The third-order valence-electron chi connectivity index (χ3n) is 2.80. The molecule has 19 heavy (non-hydrogen) atoms. The van der Waals surface area contributed by atoms with Crippen molar-refractivity contribution in [2.24, 2.45) is 0 Å². The van der Waals surface area contributed by atoms with Gasteiger partial charge in [-0.05, 0) is 71.8 Å². The Labute approximate surface area is 125 Å². The lowest BCUT2D eigenvalue weighted by atomic mass is 10.1. The van der Waals surface area contributed by atoms with Crippen molar-refractivity contribution in [2.75, 3.05) is 5.32 Å². The van der Waals surface area contributed by atoms with Gasteiger partial charge in [-0.25, -0.2) is 4.39 Å². The maximum absolute atomic E-state index is 13.7. The number of rotatable bonds is 2. The van der Waals surface area contributed by atoms with Gasteiger partial charge in [0.05, 0.1) is 5.56 Å². The van der Waals surface area contributed by atoms with Gasteiger partial charge < -0.3 is 5.32 Å². The first-order valence-electron chi connectivity index (χ1n) is 5.81. The minimum atomic E-state index is -0.501. The molecule has 2 aromatic rings. The molecule has 0 unspecified atom stereocenters. The molecular formula is C15H13FINO. The Hall–Kier alpha value is -1.43. The molecule has 4 heteroatoms. The van der Waals surface area contributed by atoms with Gasteiger partial charge in [0.2, 0.25) is 0 Å². The fourth-order valence-electron chi connectivity index (χ4n) is 1.67. The monoisotopic (exact) mass is 369 g/mol. The fourth-order valence-corrected chi connectivity index (χ4v) is 2.19. The number of carbonyl (C=O) groups is 1.